The van der Waals surface area contributed by atoms with Crippen LogP contribution in [0.4, 0.5) is 0 Å². The van der Waals surface area contributed by atoms with Gasteiger partial charge < -0.3 is 45.2 Å². The molecule has 1 aliphatic heterocycles. The first-order valence-electron chi connectivity index (χ1n) is 9.54. The molecule has 0 aromatic carbocycles. The second-order valence-corrected chi connectivity index (χ2v) is 8.88. The van der Waals surface area contributed by atoms with Crippen LogP contribution in [0, 0.1) is 5.41 Å². The van der Waals surface area contributed by atoms with Crippen molar-refractivity contribution < 1.29 is 45.2 Å². The van der Waals surface area contributed by atoms with Crippen LogP contribution in [-0.4, -0.2) is 96.5 Å². The van der Waals surface area contributed by atoms with Gasteiger partial charge in [0.15, 0.2) is 6.29 Å². The molecule has 164 valence electrons. The summed E-state index contributed by atoms with van der Waals surface area (Å²) in [5.41, 5.74) is -4.05. The monoisotopic (exact) mass is 406 g/mol. The number of aliphatic hydroxyl groups is 7. The van der Waals surface area contributed by atoms with Crippen molar-refractivity contribution in [1.82, 2.24) is 0 Å². The molecular formula is C19H34O9. The fourth-order valence-corrected chi connectivity index (χ4v) is 4.28. The third-order valence-electron chi connectivity index (χ3n) is 6.04. The first-order valence-corrected chi connectivity index (χ1v) is 9.54. The number of aliphatic hydroxyl groups excluding tert-OH is 5. The van der Waals surface area contributed by atoms with Crippen LogP contribution in [0.2, 0.25) is 0 Å². The van der Waals surface area contributed by atoms with Crippen LogP contribution < -0.4 is 0 Å². The lowest BCUT2D eigenvalue weighted by Crippen LogP contribution is -2.65. The Bertz CT molecular complexity index is 542. The van der Waals surface area contributed by atoms with Gasteiger partial charge in [0, 0.05) is 11.8 Å². The van der Waals surface area contributed by atoms with Gasteiger partial charge in [-0.3, -0.25) is 0 Å². The Balaban J connectivity index is 2.13. The van der Waals surface area contributed by atoms with E-state index in [-0.39, 0.29) is 6.42 Å². The molecule has 9 heteroatoms. The van der Waals surface area contributed by atoms with Crippen LogP contribution in [0.5, 0.6) is 0 Å². The van der Waals surface area contributed by atoms with E-state index in [4.69, 9.17) is 9.47 Å². The number of hydrogen-bond donors (Lipinski definition) is 7. The van der Waals surface area contributed by atoms with Gasteiger partial charge in [0.2, 0.25) is 0 Å². The Morgan fingerprint density at radius 1 is 1.04 bits per heavy atom. The Kier molecular flexibility index (Phi) is 6.97. The van der Waals surface area contributed by atoms with E-state index < -0.39 is 66.1 Å². The van der Waals surface area contributed by atoms with Crippen molar-refractivity contribution in [3.05, 3.63) is 12.2 Å². The molecule has 0 unspecified atom stereocenters. The summed E-state index contributed by atoms with van der Waals surface area (Å²) < 4.78 is 10.9. The standard InChI is InChI=1S/C19H34O9/c1-10(27-16-15(24)14(23)13(22)12(9-20)28-16)5-6-19(26)17(2,3)7-11(21)8-18(19,4)25/h5-6,10-16,20-26H,7-9H2,1-4H3/t10-,11+,12-,13-,14+,15-,16-,18+,19+/m1/s1. The summed E-state index contributed by atoms with van der Waals surface area (Å²) in [4.78, 5) is 0. The third kappa shape index (κ3) is 4.28. The van der Waals surface area contributed by atoms with E-state index in [1.165, 1.54) is 19.1 Å². The highest BCUT2D eigenvalue weighted by Crippen LogP contribution is 2.50. The highest BCUT2D eigenvalue weighted by Gasteiger charge is 2.58. The highest BCUT2D eigenvalue weighted by atomic mass is 16.7. The molecule has 0 amide bonds. The number of ether oxygens (including phenoxy) is 2. The van der Waals surface area contributed by atoms with Gasteiger partial charge in [0.25, 0.3) is 0 Å². The fourth-order valence-electron chi connectivity index (χ4n) is 4.28. The number of hydrogen-bond acceptors (Lipinski definition) is 9. The lowest BCUT2D eigenvalue weighted by molar-refractivity contribution is -0.306. The molecule has 7 N–H and O–H groups in total. The van der Waals surface area contributed by atoms with E-state index in [1.54, 1.807) is 20.8 Å². The fraction of sp³-hybridized carbons (Fsp3) is 0.895. The summed E-state index contributed by atoms with van der Waals surface area (Å²) in [5, 5.41) is 70.9. The Hall–Kier alpha value is -0.620. The van der Waals surface area contributed by atoms with Gasteiger partial charge in [-0.15, -0.1) is 0 Å². The molecule has 0 bridgehead atoms. The SMILES string of the molecule is C[C@H](C=C[C@]1(O)C(C)(C)C[C@H](O)C[C@]1(C)O)O[C@@H]1O[C@H](CO)[C@@H](O)[C@H](O)[C@H]1O. The summed E-state index contributed by atoms with van der Waals surface area (Å²) in [6, 6.07) is 0. The lowest BCUT2D eigenvalue weighted by atomic mass is 9.57. The van der Waals surface area contributed by atoms with E-state index >= 15 is 0 Å². The van der Waals surface area contributed by atoms with Gasteiger partial charge in [-0.05, 0) is 20.3 Å². The minimum absolute atomic E-state index is 0.0131. The van der Waals surface area contributed by atoms with Gasteiger partial charge in [-0.25, -0.2) is 0 Å². The average Bonchev–Trinajstić information content (AvgIpc) is 2.57. The summed E-state index contributed by atoms with van der Waals surface area (Å²) >= 11 is 0. The average molecular weight is 406 g/mol. The molecule has 1 heterocycles. The molecule has 9 atom stereocenters. The van der Waals surface area contributed by atoms with Crippen LogP contribution in [-0.2, 0) is 9.47 Å². The Labute approximate surface area is 164 Å². The summed E-state index contributed by atoms with van der Waals surface area (Å²) in [7, 11) is 0. The molecule has 9 nitrogen and oxygen atoms in total. The molecule has 2 rings (SSSR count). The minimum atomic E-state index is -1.65. The Morgan fingerprint density at radius 2 is 1.64 bits per heavy atom. The molecule has 0 aromatic heterocycles. The van der Waals surface area contributed by atoms with E-state index in [2.05, 4.69) is 0 Å². The first-order chi connectivity index (χ1) is 12.8. The molecular weight excluding hydrogens is 372 g/mol. The zero-order valence-electron chi connectivity index (χ0n) is 16.8. The molecule has 0 aromatic rings. The zero-order chi connectivity index (χ0) is 21.5. The second-order valence-electron chi connectivity index (χ2n) is 8.88. The molecule has 0 radical (unpaired) electrons. The maximum Gasteiger partial charge on any atom is 0.187 e. The summed E-state index contributed by atoms with van der Waals surface area (Å²) in [6.07, 6.45) is -5.14. The van der Waals surface area contributed by atoms with E-state index in [0.717, 1.165) is 0 Å². The molecule has 1 saturated carbocycles. The van der Waals surface area contributed by atoms with Crippen LogP contribution in [0.3, 0.4) is 0 Å². The van der Waals surface area contributed by atoms with Gasteiger partial charge in [-0.1, -0.05) is 26.0 Å². The summed E-state index contributed by atoms with van der Waals surface area (Å²) in [6.45, 7) is 6.01. The van der Waals surface area contributed by atoms with E-state index in [0.29, 0.717) is 6.42 Å². The molecule has 1 aliphatic carbocycles. The van der Waals surface area contributed by atoms with Crippen molar-refractivity contribution in [2.75, 3.05) is 6.61 Å². The van der Waals surface area contributed by atoms with Gasteiger partial charge in [0.05, 0.1) is 24.4 Å². The topological polar surface area (TPSA) is 160 Å². The van der Waals surface area contributed by atoms with Crippen molar-refractivity contribution in [1.29, 1.82) is 0 Å². The van der Waals surface area contributed by atoms with Crippen molar-refractivity contribution in [2.24, 2.45) is 5.41 Å². The maximum absolute atomic E-state index is 11.2. The smallest absolute Gasteiger partial charge is 0.187 e. The van der Waals surface area contributed by atoms with Crippen LogP contribution in [0.15, 0.2) is 12.2 Å². The molecule has 1 saturated heterocycles. The van der Waals surface area contributed by atoms with E-state index in [9.17, 15) is 35.7 Å². The number of rotatable bonds is 5. The Morgan fingerprint density at radius 3 is 2.18 bits per heavy atom. The zero-order valence-corrected chi connectivity index (χ0v) is 16.8. The van der Waals surface area contributed by atoms with Crippen LogP contribution in [0.25, 0.3) is 0 Å². The van der Waals surface area contributed by atoms with Crippen molar-refractivity contribution in [2.45, 2.75) is 94.7 Å². The van der Waals surface area contributed by atoms with E-state index in [1.807, 2.05) is 0 Å². The quantitative estimate of drug-likeness (QED) is 0.267. The lowest BCUT2D eigenvalue weighted by Gasteiger charge is -2.55. The van der Waals surface area contributed by atoms with Crippen molar-refractivity contribution in [3.8, 4) is 0 Å². The predicted octanol–water partition coefficient (Wildman–Crippen LogP) is -1.59. The van der Waals surface area contributed by atoms with Gasteiger partial charge >= 0.3 is 0 Å². The second kappa shape index (κ2) is 8.25. The molecule has 0 spiro atoms. The normalized spacial score (nSPS) is 48.0. The first kappa shape index (κ1) is 23.7. The summed E-state index contributed by atoms with van der Waals surface area (Å²) in [5.74, 6) is 0. The van der Waals surface area contributed by atoms with Crippen molar-refractivity contribution in [3.63, 3.8) is 0 Å². The third-order valence-corrected chi connectivity index (χ3v) is 6.04. The minimum Gasteiger partial charge on any atom is -0.394 e. The molecule has 2 aliphatic rings. The van der Waals surface area contributed by atoms with Gasteiger partial charge in [0.1, 0.15) is 30.0 Å². The molecule has 2 fully saturated rings. The predicted molar refractivity (Wildman–Crippen MR) is 98.0 cm³/mol. The van der Waals surface area contributed by atoms with Crippen LogP contribution >= 0.6 is 0 Å². The van der Waals surface area contributed by atoms with Crippen molar-refractivity contribution >= 4 is 0 Å². The molecule has 28 heavy (non-hydrogen) atoms. The maximum atomic E-state index is 11.2. The largest absolute Gasteiger partial charge is 0.394 e. The van der Waals surface area contributed by atoms with Gasteiger partial charge in [-0.2, -0.15) is 0 Å². The van der Waals surface area contributed by atoms with Crippen LogP contribution in [0.1, 0.15) is 40.5 Å². The highest BCUT2D eigenvalue weighted by molar-refractivity contribution is 5.21.